The highest BCUT2D eigenvalue weighted by atomic mass is 16.6. The minimum Gasteiger partial charge on any atom is -0.396 e. The van der Waals surface area contributed by atoms with Gasteiger partial charge in [0.25, 0.3) is 11.6 Å². The number of carbonyl (C=O) groups is 1. The summed E-state index contributed by atoms with van der Waals surface area (Å²) in [5.41, 5.74) is 5.03. The fourth-order valence-corrected chi connectivity index (χ4v) is 1.72. The third-order valence-corrected chi connectivity index (χ3v) is 3.04. The van der Waals surface area contributed by atoms with Crippen molar-refractivity contribution in [3.8, 4) is 0 Å². The van der Waals surface area contributed by atoms with Crippen molar-refractivity contribution in [2.45, 2.75) is 20.3 Å². The van der Waals surface area contributed by atoms with E-state index < -0.39 is 10.8 Å². The van der Waals surface area contributed by atoms with Gasteiger partial charge in [-0.2, -0.15) is 0 Å². The third kappa shape index (κ3) is 3.92. The Balaban J connectivity index is 2.84. The van der Waals surface area contributed by atoms with Crippen LogP contribution in [0.1, 0.15) is 30.6 Å². The zero-order valence-corrected chi connectivity index (χ0v) is 11.5. The molecule has 7 nitrogen and oxygen atoms in total. The van der Waals surface area contributed by atoms with Crippen LogP contribution in [0.3, 0.4) is 0 Å². The van der Waals surface area contributed by atoms with E-state index in [9.17, 15) is 14.9 Å². The number of benzene rings is 1. The second-order valence-electron chi connectivity index (χ2n) is 5.32. The van der Waals surface area contributed by atoms with E-state index in [4.69, 9.17) is 10.8 Å². The van der Waals surface area contributed by atoms with Gasteiger partial charge in [0.2, 0.25) is 0 Å². The molecule has 0 aliphatic rings. The number of para-hydroxylation sites is 1. The number of nitrogens with one attached hydrogen (secondary N) is 1. The Morgan fingerprint density at radius 2 is 2.15 bits per heavy atom. The third-order valence-electron chi connectivity index (χ3n) is 3.04. The fraction of sp³-hybridized carbons (Fsp3) is 0.462. The maximum Gasteiger partial charge on any atom is 0.292 e. The lowest BCUT2D eigenvalue weighted by Crippen LogP contribution is -2.34. The Morgan fingerprint density at radius 1 is 1.50 bits per heavy atom. The van der Waals surface area contributed by atoms with Gasteiger partial charge in [-0.15, -0.1) is 0 Å². The van der Waals surface area contributed by atoms with Gasteiger partial charge in [0, 0.05) is 19.2 Å². The summed E-state index contributed by atoms with van der Waals surface area (Å²) in [5.74, 6) is -0.461. The van der Waals surface area contributed by atoms with Crippen molar-refractivity contribution in [1.29, 1.82) is 0 Å². The van der Waals surface area contributed by atoms with Crippen molar-refractivity contribution in [2.24, 2.45) is 5.41 Å². The second kappa shape index (κ2) is 6.33. The molecule has 4 N–H and O–H groups in total. The summed E-state index contributed by atoms with van der Waals surface area (Å²) in [7, 11) is 0. The Hall–Kier alpha value is -2.15. The van der Waals surface area contributed by atoms with E-state index in [1.807, 2.05) is 13.8 Å². The first kappa shape index (κ1) is 15.9. The van der Waals surface area contributed by atoms with Crippen molar-refractivity contribution in [3.63, 3.8) is 0 Å². The Kier molecular flexibility index (Phi) is 5.04. The molecule has 0 unspecified atom stereocenters. The molecule has 0 bridgehead atoms. The van der Waals surface area contributed by atoms with Crippen LogP contribution in [-0.4, -0.2) is 29.1 Å². The molecular weight excluding hydrogens is 262 g/mol. The molecule has 1 amide bonds. The van der Waals surface area contributed by atoms with Gasteiger partial charge in [-0.25, -0.2) is 0 Å². The van der Waals surface area contributed by atoms with Crippen molar-refractivity contribution < 1.29 is 14.8 Å². The van der Waals surface area contributed by atoms with Crippen molar-refractivity contribution in [3.05, 3.63) is 33.9 Å². The molecule has 20 heavy (non-hydrogen) atoms. The Labute approximate surface area is 116 Å². The highest BCUT2D eigenvalue weighted by Gasteiger charge is 2.22. The standard InChI is InChI=1S/C13H19N3O4/c1-13(2,6-7-17)8-15-12(18)9-4-3-5-10(11(9)14)16(19)20/h3-5,17H,6-8,14H2,1-2H3,(H,15,18). The van der Waals surface area contributed by atoms with E-state index in [1.54, 1.807) is 0 Å². The first-order valence-electron chi connectivity index (χ1n) is 6.20. The van der Waals surface area contributed by atoms with Crippen LogP contribution in [0.25, 0.3) is 0 Å². The maximum atomic E-state index is 12.0. The smallest absolute Gasteiger partial charge is 0.292 e. The summed E-state index contributed by atoms with van der Waals surface area (Å²) in [4.78, 5) is 22.2. The average molecular weight is 281 g/mol. The van der Waals surface area contributed by atoms with E-state index in [1.165, 1.54) is 18.2 Å². The normalized spacial score (nSPS) is 11.2. The van der Waals surface area contributed by atoms with Crippen LogP contribution < -0.4 is 11.1 Å². The lowest BCUT2D eigenvalue weighted by Gasteiger charge is -2.23. The van der Waals surface area contributed by atoms with Gasteiger partial charge in [-0.1, -0.05) is 19.9 Å². The molecule has 0 radical (unpaired) electrons. The van der Waals surface area contributed by atoms with E-state index >= 15 is 0 Å². The first-order chi connectivity index (χ1) is 9.28. The summed E-state index contributed by atoms with van der Waals surface area (Å²) in [6, 6.07) is 4.11. The number of anilines is 1. The molecular formula is C13H19N3O4. The molecule has 0 heterocycles. The minimum absolute atomic E-state index is 0.0296. The molecule has 0 spiro atoms. The summed E-state index contributed by atoms with van der Waals surface area (Å²) in [6.45, 7) is 4.18. The molecule has 0 saturated carbocycles. The molecule has 1 aromatic carbocycles. The second-order valence-corrected chi connectivity index (χ2v) is 5.32. The molecule has 1 rings (SSSR count). The van der Waals surface area contributed by atoms with Crippen molar-refractivity contribution in [1.82, 2.24) is 5.32 Å². The van der Waals surface area contributed by atoms with E-state index in [0.717, 1.165) is 0 Å². The van der Waals surface area contributed by atoms with Crippen molar-refractivity contribution in [2.75, 3.05) is 18.9 Å². The van der Waals surface area contributed by atoms with Gasteiger partial charge in [-0.05, 0) is 17.9 Å². The lowest BCUT2D eigenvalue weighted by molar-refractivity contribution is -0.383. The predicted molar refractivity (Wildman–Crippen MR) is 75.3 cm³/mol. The van der Waals surface area contributed by atoms with Crippen LogP contribution in [0.2, 0.25) is 0 Å². The number of amides is 1. The Morgan fingerprint density at radius 3 is 2.70 bits per heavy atom. The summed E-state index contributed by atoms with van der Waals surface area (Å²) >= 11 is 0. The monoisotopic (exact) mass is 281 g/mol. The van der Waals surface area contributed by atoms with Crippen LogP contribution >= 0.6 is 0 Å². The number of hydrogen-bond acceptors (Lipinski definition) is 5. The van der Waals surface area contributed by atoms with Crippen LogP contribution in [0.5, 0.6) is 0 Å². The SMILES string of the molecule is CC(C)(CCO)CNC(=O)c1cccc([N+](=O)[O-])c1N. The summed E-state index contributed by atoms with van der Waals surface area (Å²) in [6.07, 6.45) is 0.539. The minimum atomic E-state index is -0.623. The lowest BCUT2D eigenvalue weighted by atomic mass is 9.89. The van der Waals surface area contributed by atoms with E-state index in [-0.39, 0.29) is 29.0 Å². The van der Waals surface area contributed by atoms with Gasteiger partial charge in [-0.3, -0.25) is 14.9 Å². The number of aliphatic hydroxyl groups is 1. The number of nitro benzene ring substituents is 1. The van der Waals surface area contributed by atoms with Gasteiger partial charge in [0.15, 0.2) is 0 Å². The van der Waals surface area contributed by atoms with Gasteiger partial charge in [0.05, 0.1) is 10.5 Å². The summed E-state index contributed by atoms with van der Waals surface area (Å²) in [5, 5.41) is 22.4. The zero-order chi connectivity index (χ0) is 15.3. The zero-order valence-electron chi connectivity index (χ0n) is 11.5. The van der Waals surface area contributed by atoms with Crippen LogP contribution in [0.15, 0.2) is 18.2 Å². The molecule has 0 aliphatic carbocycles. The van der Waals surface area contributed by atoms with Gasteiger partial charge in [0.1, 0.15) is 5.69 Å². The van der Waals surface area contributed by atoms with Gasteiger partial charge < -0.3 is 16.2 Å². The highest BCUT2D eigenvalue weighted by molar-refractivity contribution is 6.00. The maximum absolute atomic E-state index is 12.0. The molecule has 0 saturated heterocycles. The molecule has 110 valence electrons. The number of nitrogens with two attached hydrogens (primary N) is 1. The number of rotatable bonds is 6. The molecule has 1 aromatic rings. The highest BCUT2D eigenvalue weighted by Crippen LogP contribution is 2.25. The van der Waals surface area contributed by atoms with Crippen LogP contribution in [0, 0.1) is 15.5 Å². The Bertz CT molecular complexity index is 514. The number of aliphatic hydroxyl groups excluding tert-OH is 1. The average Bonchev–Trinajstić information content (AvgIpc) is 2.36. The number of hydrogen-bond donors (Lipinski definition) is 3. The summed E-state index contributed by atoms with van der Waals surface area (Å²) < 4.78 is 0. The van der Waals surface area contributed by atoms with Crippen LogP contribution in [-0.2, 0) is 0 Å². The van der Waals surface area contributed by atoms with E-state index in [0.29, 0.717) is 13.0 Å². The molecule has 7 heteroatoms. The quantitative estimate of drug-likeness (QED) is 0.413. The number of nitrogens with zero attached hydrogens (tertiary/aromatic N) is 1. The topological polar surface area (TPSA) is 118 Å². The number of nitrogen functional groups attached to an aromatic ring is 1. The molecule has 0 fully saturated rings. The van der Waals surface area contributed by atoms with Crippen LogP contribution in [0.4, 0.5) is 11.4 Å². The largest absolute Gasteiger partial charge is 0.396 e. The predicted octanol–water partition coefficient (Wildman–Crippen LogP) is 1.32. The number of carbonyl (C=O) groups excluding carboxylic acids is 1. The fourth-order valence-electron chi connectivity index (χ4n) is 1.72. The molecule has 0 aliphatic heterocycles. The van der Waals surface area contributed by atoms with E-state index in [2.05, 4.69) is 5.32 Å². The number of nitro groups is 1. The molecule has 0 aromatic heterocycles. The first-order valence-corrected chi connectivity index (χ1v) is 6.20. The molecule has 0 atom stereocenters. The van der Waals surface area contributed by atoms with Gasteiger partial charge >= 0.3 is 0 Å². The van der Waals surface area contributed by atoms with Crippen molar-refractivity contribution >= 4 is 17.3 Å².